The van der Waals surface area contributed by atoms with Gasteiger partial charge in [0.1, 0.15) is 12.2 Å². The molecular formula is C44H82Na2O14S2. The molecule has 0 fully saturated rings. The van der Waals surface area contributed by atoms with E-state index >= 15 is 0 Å². The van der Waals surface area contributed by atoms with Crippen molar-refractivity contribution in [2.24, 2.45) is 0 Å². The molecule has 356 valence electrons. The first-order valence-corrected chi connectivity index (χ1v) is 26.2. The van der Waals surface area contributed by atoms with Gasteiger partial charge in [0.05, 0.1) is 0 Å². The molecule has 0 aromatic heterocycles. The summed E-state index contributed by atoms with van der Waals surface area (Å²) in [5.74, 6) is -5.87. The van der Waals surface area contributed by atoms with Gasteiger partial charge in [0.15, 0.2) is 10.5 Å². The van der Waals surface area contributed by atoms with E-state index < -0.39 is 79.7 Å². The zero-order valence-corrected chi connectivity index (χ0v) is 45.2. The molecule has 0 heterocycles. The fourth-order valence-corrected chi connectivity index (χ4v) is 8.18. The van der Waals surface area contributed by atoms with Gasteiger partial charge in [-0.2, -0.15) is 16.8 Å². The molecule has 18 heteroatoms. The Morgan fingerprint density at radius 1 is 0.403 bits per heavy atom. The van der Waals surface area contributed by atoms with Crippen molar-refractivity contribution in [3.05, 3.63) is 0 Å². The molecule has 14 nitrogen and oxygen atoms in total. The molecule has 0 saturated carbocycles. The van der Waals surface area contributed by atoms with Gasteiger partial charge in [-0.05, 0) is 51.4 Å². The number of carbonyl (C=O) groups is 4. The van der Waals surface area contributed by atoms with Gasteiger partial charge in [-0.3, -0.25) is 18.7 Å². The quantitative estimate of drug-likeness (QED) is 0.0388. The predicted molar refractivity (Wildman–Crippen MR) is 231 cm³/mol. The average Bonchev–Trinajstić information content (AvgIpc) is 3.16. The molecule has 2 N–H and O–H groups in total. The molecule has 0 aliphatic rings. The molecule has 0 aromatic carbocycles. The number of carboxylic acids is 2. The largest absolute Gasteiger partial charge is 1.00 e. The maximum absolute atomic E-state index is 12.3. The van der Waals surface area contributed by atoms with E-state index in [1.54, 1.807) is 0 Å². The number of rotatable bonds is 40. The molecule has 0 amide bonds. The first kappa shape index (κ1) is 68.3. The van der Waals surface area contributed by atoms with Gasteiger partial charge in [-0.25, -0.2) is 0 Å². The molecule has 62 heavy (non-hydrogen) atoms. The van der Waals surface area contributed by atoms with Crippen molar-refractivity contribution in [3.63, 3.8) is 0 Å². The SMILES string of the molecule is CCCCCCCCCC(CCCCCCCC)OC(=O)C(CC(=O)[O-])S(=O)(=O)O.CCCCCCCCCC(CCCCCCCC)OC(=O)C(CC(=O)[O-])S(=O)(=O)O.[Na+].[Na+]. The van der Waals surface area contributed by atoms with E-state index in [4.69, 9.17) is 9.47 Å². The smallest absolute Gasteiger partial charge is 0.550 e. The van der Waals surface area contributed by atoms with E-state index in [-0.39, 0.29) is 59.1 Å². The molecule has 0 bridgehead atoms. The van der Waals surface area contributed by atoms with Crippen molar-refractivity contribution in [1.29, 1.82) is 0 Å². The third kappa shape index (κ3) is 42.3. The summed E-state index contributed by atoms with van der Waals surface area (Å²) in [6, 6.07) is 0. The zero-order valence-electron chi connectivity index (χ0n) is 39.5. The van der Waals surface area contributed by atoms with Crippen molar-refractivity contribution in [3.8, 4) is 0 Å². The molecule has 0 aromatic rings. The Morgan fingerprint density at radius 2 is 0.597 bits per heavy atom. The number of unbranched alkanes of at least 4 members (excludes halogenated alkanes) is 22. The predicted octanol–water partition coefficient (Wildman–Crippen LogP) is 2.38. The Bertz CT molecular complexity index is 1230. The fraction of sp³-hybridized carbons (Fsp3) is 0.909. The van der Waals surface area contributed by atoms with Crippen LogP contribution in [0.4, 0.5) is 0 Å². The number of carboxylic acid groups (broad SMARTS) is 2. The van der Waals surface area contributed by atoms with E-state index in [1.807, 2.05) is 0 Å². The molecule has 0 saturated heterocycles. The topological polar surface area (TPSA) is 242 Å². The van der Waals surface area contributed by atoms with Crippen LogP contribution < -0.4 is 69.3 Å². The van der Waals surface area contributed by atoms with Crippen LogP contribution in [0, 0.1) is 0 Å². The first-order chi connectivity index (χ1) is 28.4. The number of aliphatic carboxylic acids is 2. The molecule has 0 spiro atoms. The molecule has 0 rings (SSSR count). The summed E-state index contributed by atoms with van der Waals surface area (Å²) >= 11 is 0. The Morgan fingerprint density at radius 3 is 0.774 bits per heavy atom. The summed E-state index contributed by atoms with van der Waals surface area (Å²) in [6.45, 7) is 8.63. The van der Waals surface area contributed by atoms with Gasteiger partial charge in [0.25, 0.3) is 20.2 Å². The van der Waals surface area contributed by atoms with Crippen LogP contribution >= 0.6 is 0 Å². The minimum absolute atomic E-state index is 0. The molecular weight excluding hydrogens is 863 g/mol. The van der Waals surface area contributed by atoms with Crippen LogP contribution in [0.1, 0.15) is 233 Å². The van der Waals surface area contributed by atoms with Crippen molar-refractivity contribution in [1.82, 2.24) is 0 Å². The second-order valence-corrected chi connectivity index (χ2v) is 19.4. The summed E-state index contributed by atoms with van der Waals surface area (Å²) in [5.41, 5.74) is 0. The van der Waals surface area contributed by atoms with Crippen molar-refractivity contribution < 1.29 is 124 Å². The van der Waals surface area contributed by atoms with Gasteiger partial charge >= 0.3 is 71.1 Å². The Labute approximate surface area is 420 Å². The number of ether oxygens (including phenoxy) is 2. The standard InChI is InChI=1S/2C22H42O7S.2Na/c2*1-3-5-7-9-11-13-15-17-19(16-14-12-10-8-6-4-2)29-22(25)20(18-21(23)24)30(26,27)28;;/h2*19-20H,3-18H2,1-2H3,(H,23,24)(H,26,27,28);;/q;;2*+1/p-2. The van der Waals surface area contributed by atoms with Gasteiger partial charge in [-0.15, -0.1) is 0 Å². The van der Waals surface area contributed by atoms with Crippen LogP contribution in [0.2, 0.25) is 0 Å². The first-order valence-electron chi connectivity index (χ1n) is 23.2. The summed E-state index contributed by atoms with van der Waals surface area (Å²) in [4.78, 5) is 46.1. The minimum Gasteiger partial charge on any atom is -0.550 e. The van der Waals surface area contributed by atoms with Gasteiger partial charge < -0.3 is 29.3 Å². The van der Waals surface area contributed by atoms with Gasteiger partial charge in [0, 0.05) is 24.8 Å². The summed E-state index contributed by atoms with van der Waals surface area (Å²) in [7, 11) is -9.75. The fourth-order valence-electron chi connectivity index (χ4n) is 6.89. The minimum atomic E-state index is -4.87. The number of carbonyl (C=O) groups excluding carboxylic acids is 4. The Kier molecular flexibility index (Phi) is 49.0. The second-order valence-electron chi connectivity index (χ2n) is 16.2. The second kappa shape index (κ2) is 44.5. The Balaban J connectivity index is -0.000000526. The molecule has 0 aliphatic heterocycles. The van der Waals surface area contributed by atoms with Crippen molar-refractivity contribution in [2.75, 3.05) is 0 Å². The van der Waals surface area contributed by atoms with Crippen LogP contribution in [-0.2, 0) is 48.9 Å². The third-order valence-electron chi connectivity index (χ3n) is 10.5. The van der Waals surface area contributed by atoms with E-state index in [9.17, 15) is 55.3 Å². The molecule has 4 unspecified atom stereocenters. The maximum atomic E-state index is 12.3. The van der Waals surface area contributed by atoms with E-state index in [2.05, 4.69) is 27.7 Å². The average molecular weight is 945 g/mol. The summed E-state index contributed by atoms with van der Waals surface area (Å²) in [6.07, 6.45) is 27.8. The zero-order chi connectivity index (χ0) is 45.7. The molecule has 4 atom stereocenters. The van der Waals surface area contributed by atoms with Gasteiger partial charge in [-0.1, -0.05) is 169 Å². The van der Waals surface area contributed by atoms with Crippen molar-refractivity contribution >= 4 is 44.1 Å². The Hall–Kier alpha value is -0.300. The van der Waals surface area contributed by atoms with Crippen LogP contribution in [0.5, 0.6) is 0 Å². The number of hydrogen-bond donors (Lipinski definition) is 2. The van der Waals surface area contributed by atoms with Crippen molar-refractivity contribution in [2.45, 2.75) is 256 Å². The normalized spacial score (nSPS) is 13.3. The van der Waals surface area contributed by atoms with E-state index in [0.29, 0.717) is 25.7 Å². The molecule has 0 aliphatic carbocycles. The van der Waals surface area contributed by atoms with Crippen LogP contribution in [-0.4, -0.2) is 72.5 Å². The maximum Gasteiger partial charge on any atom is 1.00 e. The number of esters is 2. The molecule has 0 radical (unpaired) electrons. The number of hydrogen-bond acceptors (Lipinski definition) is 12. The summed E-state index contributed by atoms with van der Waals surface area (Å²) < 4.78 is 74.7. The summed E-state index contributed by atoms with van der Waals surface area (Å²) in [5, 5.41) is 17.3. The van der Waals surface area contributed by atoms with E-state index in [0.717, 1.165) is 103 Å². The third-order valence-corrected chi connectivity index (χ3v) is 12.7. The van der Waals surface area contributed by atoms with Gasteiger partial charge in [0.2, 0.25) is 0 Å². The van der Waals surface area contributed by atoms with Crippen LogP contribution in [0.15, 0.2) is 0 Å². The van der Waals surface area contributed by atoms with E-state index in [1.165, 1.54) is 64.2 Å². The van der Waals surface area contributed by atoms with Crippen LogP contribution in [0.25, 0.3) is 0 Å². The van der Waals surface area contributed by atoms with Crippen LogP contribution in [0.3, 0.4) is 0 Å². The monoisotopic (exact) mass is 944 g/mol.